The van der Waals surface area contributed by atoms with Gasteiger partial charge in [-0.2, -0.15) is 0 Å². The summed E-state index contributed by atoms with van der Waals surface area (Å²) in [6.07, 6.45) is 0. The fourth-order valence-electron chi connectivity index (χ4n) is 12.3. The summed E-state index contributed by atoms with van der Waals surface area (Å²) in [5, 5.41) is 18.6. The highest BCUT2D eigenvalue weighted by Gasteiger charge is 2.26. The Bertz CT molecular complexity index is 5000. The van der Waals surface area contributed by atoms with Crippen molar-refractivity contribution in [1.82, 2.24) is 0 Å². The van der Waals surface area contributed by atoms with E-state index in [0.717, 1.165) is 116 Å². The van der Waals surface area contributed by atoms with Gasteiger partial charge in [0, 0.05) is 55.4 Å². The Labute approximate surface area is 437 Å². The van der Waals surface area contributed by atoms with Gasteiger partial charge in [0.2, 0.25) is 0 Å². The van der Waals surface area contributed by atoms with Crippen LogP contribution in [0.1, 0.15) is 0 Å². The molecule has 2 heterocycles. The van der Waals surface area contributed by atoms with Gasteiger partial charge in [-0.05, 0) is 138 Å². The van der Waals surface area contributed by atoms with Crippen molar-refractivity contribution in [3.63, 3.8) is 0 Å². The van der Waals surface area contributed by atoms with Crippen molar-refractivity contribution in [2.45, 2.75) is 0 Å². The fourth-order valence-corrected chi connectivity index (χ4v) is 12.3. The van der Waals surface area contributed by atoms with Gasteiger partial charge >= 0.3 is 0 Å². The molecule has 0 bridgehead atoms. The van der Waals surface area contributed by atoms with Crippen molar-refractivity contribution in [2.24, 2.45) is 0 Å². The van der Waals surface area contributed by atoms with Gasteiger partial charge in [-0.25, -0.2) is 0 Å². The molecular weight excluding hydrogens is 925 g/mol. The normalized spacial score (nSPS) is 11.9. The van der Waals surface area contributed by atoms with Gasteiger partial charge < -0.3 is 18.6 Å². The van der Waals surface area contributed by atoms with E-state index in [1.807, 2.05) is 0 Å². The Morgan fingerprint density at radius 3 is 1.38 bits per heavy atom. The monoisotopic (exact) mass is 968 g/mol. The first-order chi connectivity index (χ1) is 37.7. The maximum Gasteiger partial charge on any atom is 0.160 e. The predicted molar refractivity (Wildman–Crippen MR) is 321 cm³/mol. The van der Waals surface area contributed by atoms with Gasteiger partial charge in [0.25, 0.3) is 0 Å². The van der Waals surface area contributed by atoms with Gasteiger partial charge in [0.1, 0.15) is 16.7 Å². The second-order valence-corrected chi connectivity index (χ2v) is 19.9. The van der Waals surface area contributed by atoms with Crippen molar-refractivity contribution in [3.05, 3.63) is 267 Å². The zero-order valence-corrected chi connectivity index (χ0v) is 41.1. The van der Waals surface area contributed by atoms with Crippen LogP contribution in [-0.2, 0) is 0 Å². The SMILES string of the molecule is c1ccc(N(c2ccc(-c3ccc(N(c4ccccc4)c4cc5ccccc5c5c4oc4ccc6ccccc6c45)cc3)c3cc4ccccc4cc23)c2cc3oc4ccc5ccccc5c4c3c3ccccc23)cc1. The number of nitrogens with zero attached hydrogens (tertiary/aromatic N) is 2. The van der Waals surface area contributed by atoms with Crippen molar-refractivity contribution in [2.75, 3.05) is 9.80 Å². The number of benzene rings is 14. The molecule has 0 atom stereocenters. The quantitative estimate of drug-likeness (QED) is 0.149. The average Bonchev–Trinajstić information content (AvgIpc) is 4.09. The Balaban J connectivity index is 0.896. The van der Waals surface area contributed by atoms with E-state index in [2.05, 4.69) is 277 Å². The number of para-hydroxylation sites is 2. The summed E-state index contributed by atoms with van der Waals surface area (Å²) in [7, 11) is 0. The highest BCUT2D eigenvalue weighted by atomic mass is 16.3. The summed E-state index contributed by atoms with van der Waals surface area (Å²) in [6, 6.07) is 96.4. The number of fused-ring (bicyclic) bond motifs is 16. The van der Waals surface area contributed by atoms with Crippen LogP contribution in [-0.4, -0.2) is 0 Å². The Kier molecular flexibility index (Phi) is 9.30. The summed E-state index contributed by atoms with van der Waals surface area (Å²) in [5.74, 6) is 0. The smallest absolute Gasteiger partial charge is 0.160 e. The van der Waals surface area contributed by atoms with E-state index in [1.54, 1.807) is 0 Å². The summed E-state index contributed by atoms with van der Waals surface area (Å²) in [4.78, 5) is 4.78. The van der Waals surface area contributed by atoms with Crippen LogP contribution in [0, 0.1) is 0 Å². The summed E-state index contributed by atoms with van der Waals surface area (Å²) in [5.41, 5.74) is 12.0. The third-order valence-electron chi connectivity index (χ3n) is 15.7. The average molecular weight is 969 g/mol. The largest absolute Gasteiger partial charge is 0.456 e. The molecule has 14 aromatic carbocycles. The van der Waals surface area contributed by atoms with Crippen LogP contribution in [0.15, 0.2) is 276 Å². The molecule has 0 aliphatic heterocycles. The van der Waals surface area contributed by atoms with Crippen LogP contribution in [0.2, 0.25) is 0 Å². The first-order valence-corrected chi connectivity index (χ1v) is 26.0. The van der Waals surface area contributed by atoms with E-state index in [0.29, 0.717) is 0 Å². The van der Waals surface area contributed by atoms with E-state index >= 15 is 0 Å². The molecule has 0 aliphatic rings. The van der Waals surface area contributed by atoms with Crippen molar-refractivity contribution < 1.29 is 8.83 Å². The minimum Gasteiger partial charge on any atom is -0.456 e. The molecule has 16 rings (SSSR count). The van der Waals surface area contributed by atoms with E-state index in [1.165, 1.54) is 37.7 Å². The van der Waals surface area contributed by atoms with Crippen LogP contribution in [0.25, 0.3) is 120 Å². The Morgan fingerprint density at radius 1 is 0.237 bits per heavy atom. The molecule has 0 spiro atoms. The molecule has 4 heteroatoms. The van der Waals surface area contributed by atoms with Crippen LogP contribution >= 0.6 is 0 Å². The molecule has 0 fully saturated rings. The lowest BCUT2D eigenvalue weighted by Gasteiger charge is -2.29. The first kappa shape index (κ1) is 42.4. The fraction of sp³-hybridized carbons (Fsp3) is 0. The standard InChI is InChI=1S/C72H44N2O2/c1-3-22-51(23-4-1)73(64-43-50-21-11-14-28-57(50)71-69-56-27-13-10-18-46(56)34-40-66(69)76-72(64)71)53-35-31-47(32-36-53)54-37-38-62(61-42-49-20-8-7-19-48(49)41-60(54)61)74(52-24-5-2-6-25-52)63-44-67-70(59-30-16-15-29-58(59)63)68-55-26-12-9-17-45(55)33-39-65(68)75-67/h1-44H. The molecular formula is C72H44N2O2. The van der Waals surface area contributed by atoms with E-state index in [-0.39, 0.29) is 0 Å². The summed E-state index contributed by atoms with van der Waals surface area (Å²) in [6.45, 7) is 0. The lowest BCUT2D eigenvalue weighted by Crippen LogP contribution is -2.11. The molecule has 4 nitrogen and oxygen atoms in total. The molecule has 76 heavy (non-hydrogen) atoms. The van der Waals surface area contributed by atoms with Crippen LogP contribution in [0.5, 0.6) is 0 Å². The topological polar surface area (TPSA) is 32.8 Å². The number of rotatable bonds is 7. The number of furan rings is 2. The van der Waals surface area contributed by atoms with Gasteiger partial charge in [-0.15, -0.1) is 0 Å². The Hall–Kier alpha value is -10.2. The zero-order chi connectivity index (χ0) is 49.8. The number of anilines is 6. The second-order valence-electron chi connectivity index (χ2n) is 19.9. The maximum atomic E-state index is 7.02. The minimum absolute atomic E-state index is 0.857. The highest BCUT2D eigenvalue weighted by molar-refractivity contribution is 6.30. The van der Waals surface area contributed by atoms with Gasteiger partial charge in [0.15, 0.2) is 5.58 Å². The van der Waals surface area contributed by atoms with Gasteiger partial charge in [-0.3, -0.25) is 0 Å². The van der Waals surface area contributed by atoms with Gasteiger partial charge in [-0.1, -0.05) is 188 Å². The molecule has 0 saturated heterocycles. The lowest BCUT2D eigenvalue weighted by atomic mass is 9.93. The van der Waals surface area contributed by atoms with Crippen LogP contribution in [0.3, 0.4) is 0 Å². The number of hydrogen-bond acceptors (Lipinski definition) is 4. The molecule has 16 aromatic rings. The van der Waals surface area contributed by atoms with Crippen LogP contribution in [0.4, 0.5) is 34.1 Å². The van der Waals surface area contributed by atoms with Crippen molar-refractivity contribution in [3.8, 4) is 11.1 Å². The molecule has 0 unspecified atom stereocenters. The van der Waals surface area contributed by atoms with Crippen molar-refractivity contribution >= 4 is 143 Å². The molecule has 0 amide bonds. The zero-order valence-electron chi connectivity index (χ0n) is 41.1. The minimum atomic E-state index is 0.857. The van der Waals surface area contributed by atoms with Crippen molar-refractivity contribution in [1.29, 1.82) is 0 Å². The molecule has 354 valence electrons. The molecule has 0 radical (unpaired) electrons. The maximum absolute atomic E-state index is 7.02. The molecule has 0 aliphatic carbocycles. The highest BCUT2D eigenvalue weighted by Crippen LogP contribution is 2.51. The predicted octanol–water partition coefficient (Wildman–Crippen LogP) is 21.0. The lowest BCUT2D eigenvalue weighted by molar-refractivity contribution is 0.669. The third kappa shape index (κ3) is 6.44. The summed E-state index contributed by atoms with van der Waals surface area (Å²) < 4.78 is 13.9. The molecule has 0 N–H and O–H groups in total. The van der Waals surface area contributed by atoms with E-state index in [9.17, 15) is 0 Å². The molecule has 2 aromatic heterocycles. The molecule has 0 saturated carbocycles. The van der Waals surface area contributed by atoms with E-state index in [4.69, 9.17) is 8.83 Å². The summed E-state index contributed by atoms with van der Waals surface area (Å²) >= 11 is 0. The van der Waals surface area contributed by atoms with E-state index < -0.39 is 0 Å². The van der Waals surface area contributed by atoms with Gasteiger partial charge in [0.05, 0.1) is 17.1 Å². The number of hydrogen-bond donors (Lipinski definition) is 0. The Morgan fingerprint density at radius 2 is 0.724 bits per heavy atom. The first-order valence-electron chi connectivity index (χ1n) is 26.0. The van der Waals surface area contributed by atoms with Crippen LogP contribution < -0.4 is 9.80 Å². The second kappa shape index (κ2) is 16.7. The third-order valence-corrected chi connectivity index (χ3v) is 15.7.